The maximum atomic E-state index is 13.1. The zero-order valence-electron chi connectivity index (χ0n) is 17.0. The average Bonchev–Trinajstić information content (AvgIpc) is 3.56. The second-order valence-corrected chi connectivity index (χ2v) is 7.88. The number of rotatable bonds is 5. The van der Waals surface area contributed by atoms with Crippen molar-refractivity contribution in [3.05, 3.63) is 54.1 Å². The van der Waals surface area contributed by atoms with E-state index in [-0.39, 0.29) is 11.8 Å². The summed E-state index contributed by atoms with van der Waals surface area (Å²) in [5.74, 6) is 0.493. The molecule has 0 atom stereocenters. The standard InChI is InChI=1S/C23H27N3O3/c1-17-4-3-5-19(16-17)25-12-14-26(15-13-25)22(28)23(10-11-23)21(27)24-18-6-8-20(29-2)9-7-18/h3-9,16H,10-15H2,1-2H3,(H,24,27). The van der Waals surface area contributed by atoms with Gasteiger partial charge in [-0.25, -0.2) is 0 Å². The van der Waals surface area contributed by atoms with E-state index in [0.717, 1.165) is 18.8 Å². The van der Waals surface area contributed by atoms with Gasteiger partial charge in [0.25, 0.3) is 0 Å². The van der Waals surface area contributed by atoms with E-state index in [4.69, 9.17) is 4.74 Å². The molecule has 1 saturated carbocycles. The van der Waals surface area contributed by atoms with Crippen molar-refractivity contribution in [1.29, 1.82) is 0 Å². The predicted molar refractivity (Wildman–Crippen MR) is 113 cm³/mol. The first-order valence-corrected chi connectivity index (χ1v) is 10.1. The molecule has 152 valence electrons. The summed E-state index contributed by atoms with van der Waals surface area (Å²) < 4.78 is 5.14. The predicted octanol–water partition coefficient (Wildman–Crippen LogP) is 3.07. The summed E-state index contributed by atoms with van der Waals surface area (Å²) in [4.78, 5) is 30.2. The Bertz CT molecular complexity index is 898. The van der Waals surface area contributed by atoms with Crippen molar-refractivity contribution in [2.75, 3.05) is 43.5 Å². The van der Waals surface area contributed by atoms with Crippen LogP contribution in [-0.4, -0.2) is 50.0 Å². The molecule has 1 aliphatic heterocycles. The Kier molecular flexibility index (Phi) is 5.18. The van der Waals surface area contributed by atoms with Crippen molar-refractivity contribution < 1.29 is 14.3 Å². The zero-order valence-corrected chi connectivity index (χ0v) is 17.0. The van der Waals surface area contributed by atoms with Crippen LogP contribution in [-0.2, 0) is 9.59 Å². The molecule has 4 rings (SSSR count). The number of hydrogen-bond acceptors (Lipinski definition) is 4. The van der Waals surface area contributed by atoms with E-state index in [2.05, 4.69) is 41.4 Å². The largest absolute Gasteiger partial charge is 0.497 e. The number of nitrogens with zero attached hydrogens (tertiary/aromatic N) is 2. The molecule has 0 radical (unpaired) electrons. The summed E-state index contributed by atoms with van der Waals surface area (Å²) in [5.41, 5.74) is 2.20. The van der Waals surface area contributed by atoms with Crippen molar-refractivity contribution in [2.24, 2.45) is 5.41 Å². The first-order chi connectivity index (χ1) is 14.0. The molecule has 0 aromatic heterocycles. The van der Waals surface area contributed by atoms with Gasteiger partial charge in [0.1, 0.15) is 11.2 Å². The fourth-order valence-corrected chi connectivity index (χ4v) is 3.88. The van der Waals surface area contributed by atoms with E-state index in [0.29, 0.717) is 31.6 Å². The topological polar surface area (TPSA) is 61.9 Å². The smallest absolute Gasteiger partial charge is 0.240 e. The van der Waals surface area contributed by atoms with Crippen molar-refractivity contribution in [3.63, 3.8) is 0 Å². The molecule has 1 aliphatic carbocycles. The summed E-state index contributed by atoms with van der Waals surface area (Å²) in [6, 6.07) is 15.6. The van der Waals surface area contributed by atoms with Gasteiger partial charge in [-0.05, 0) is 61.7 Å². The van der Waals surface area contributed by atoms with Crippen molar-refractivity contribution in [1.82, 2.24) is 4.90 Å². The number of carbonyl (C=O) groups excluding carboxylic acids is 2. The van der Waals surface area contributed by atoms with Crippen LogP contribution < -0.4 is 15.0 Å². The number of piperazine rings is 1. The van der Waals surface area contributed by atoms with E-state index >= 15 is 0 Å². The van der Waals surface area contributed by atoms with Crippen LogP contribution in [0.2, 0.25) is 0 Å². The van der Waals surface area contributed by atoms with Crippen LogP contribution in [0.15, 0.2) is 48.5 Å². The van der Waals surface area contributed by atoms with Crippen molar-refractivity contribution in [2.45, 2.75) is 19.8 Å². The first kappa shape index (κ1) is 19.3. The highest BCUT2D eigenvalue weighted by Gasteiger charge is 2.58. The third-order valence-electron chi connectivity index (χ3n) is 5.88. The molecular formula is C23H27N3O3. The lowest BCUT2D eigenvalue weighted by atomic mass is 10.0. The number of nitrogens with one attached hydrogen (secondary N) is 1. The van der Waals surface area contributed by atoms with Crippen LogP contribution >= 0.6 is 0 Å². The molecule has 0 unspecified atom stereocenters. The molecule has 2 aromatic carbocycles. The van der Waals surface area contributed by atoms with Gasteiger partial charge >= 0.3 is 0 Å². The summed E-state index contributed by atoms with van der Waals surface area (Å²) in [6.07, 6.45) is 1.23. The summed E-state index contributed by atoms with van der Waals surface area (Å²) in [7, 11) is 1.60. The number of anilines is 2. The van der Waals surface area contributed by atoms with Gasteiger partial charge in [-0.3, -0.25) is 9.59 Å². The SMILES string of the molecule is COc1ccc(NC(=O)C2(C(=O)N3CCN(c4cccc(C)c4)CC3)CC2)cc1. The highest BCUT2D eigenvalue weighted by atomic mass is 16.5. The second kappa shape index (κ2) is 7.78. The van der Waals surface area contributed by atoms with E-state index in [1.807, 2.05) is 4.90 Å². The lowest BCUT2D eigenvalue weighted by Crippen LogP contribution is -2.52. The molecule has 1 N–H and O–H groups in total. The fourth-order valence-electron chi connectivity index (χ4n) is 3.88. The first-order valence-electron chi connectivity index (χ1n) is 10.1. The molecule has 2 amide bonds. The van der Waals surface area contributed by atoms with E-state index in [1.165, 1.54) is 11.3 Å². The number of hydrogen-bond donors (Lipinski definition) is 1. The van der Waals surface area contributed by atoms with Gasteiger partial charge in [0, 0.05) is 37.6 Å². The lowest BCUT2D eigenvalue weighted by molar-refractivity contribution is -0.142. The van der Waals surface area contributed by atoms with E-state index in [1.54, 1.807) is 31.4 Å². The molecule has 0 bridgehead atoms. The number of methoxy groups -OCH3 is 1. The minimum atomic E-state index is -0.897. The number of benzene rings is 2. The molecule has 29 heavy (non-hydrogen) atoms. The minimum absolute atomic E-state index is 0.0348. The van der Waals surface area contributed by atoms with E-state index in [9.17, 15) is 9.59 Å². The molecule has 1 heterocycles. The van der Waals surface area contributed by atoms with Crippen molar-refractivity contribution in [3.8, 4) is 5.75 Å². The number of ether oxygens (including phenoxy) is 1. The highest BCUT2D eigenvalue weighted by molar-refractivity contribution is 6.13. The van der Waals surface area contributed by atoms with Gasteiger partial charge in [-0.15, -0.1) is 0 Å². The quantitative estimate of drug-likeness (QED) is 0.793. The maximum Gasteiger partial charge on any atom is 0.240 e. The molecule has 6 heteroatoms. The molecule has 1 saturated heterocycles. The van der Waals surface area contributed by atoms with Gasteiger partial charge in [0.2, 0.25) is 11.8 Å². The molecular weight excluding hydrogens is 366 g/mol. The monoisotopic (exact) mass is 393 g/mol. The normalized spacial score (nSPS) is 17.6. The third kappa shape index (κ3) is 3.92. The third-order valence-corrected chi connectivity index (χ3v) is 5.88. The fraction of sp³-hybridized carbons (Fsp3) is 0.391. The van der Waals surface area contributed by atoms with Gasteiger partial charge in [0.15, 0.2) is 0 Å². The Morgan fingerprint density at radius 2 is 1.69 bits per heavy atom. The lowest BCUT2D eigenvalue weighted by Gasteiger charge is -2.37. The zero-order chi connectivity index (χ0) is 20.4. The van der Waals surface area contributed by atoms with Gasteiger partial charge in [-0.1, -0.05) is 12.1 Å². The van der Waals surface area contributed by atoms with Crippen LogP contribution in [0.5, 0.6) is 5.75 Å². The minimum Gasteiger partial charge on any atom is -0.497 e. The van der Waals surface area contributed by atoms with Crippen LogP contribution in [0.1, 0.15) is 18.4 Å². The Labute approximate surface area is 171 Å². The van der Waals surface area contributed by atoms with Gasteiger partial charge in [-0.2, -0.15) is 0 Å². The Morgan fingerprint density at radius 1 is 1.00 bits per heavy atom. The van der Waals surface area contributed by atoms with Gasteiger partial charge < -0.3 is 19.9 Å². The van der Waals surface area contributed by atoms with Crippen LogP contribution in [0.3, 0.4) is 0 Å². The summed E-state index contributed by atoms with van der Waals surface area (Å²) in [5, 5.41) is 2.90. The summed E-state index contributed by atoms with van der Waals surface area (Å²) in [6.45, 7) is 4.94. The molecule has 2 aromatic rings. The number of amides is 2. The van der Waals surface area contributed by atoms with Gasteiger partial charge in [0.05, 0.1) is 7.11 Å². The molecule has 0 spiro atoms. The Hall–Kier alpha value is -3.02. The number of carbonyl (C=O) groups is 2. The molecule has 2 fully saturated rings. The molecule has 6 nitrogen and oxygen atoms in total. The molecule has 2 aliphatic rings. The Morgan fingerprint density at radius 3 is 2.28 bits per heavy atom. The Balaban J connectivity index is 1.37. The van der Waals surface area contributed by atoms with Crippen LogP contribution in [0.25, 0.3) is 0 Å². The maximum absolute atomic E-state index is 13.1. The van der Waals surface area contributed by atoms with E-state index < -0.39 is 5.41 Å². The summed E-state index contributed by atoms with van der Waals surface area (Å²) >= 11 is 0. The highest BCUT2D eigenvalue weighted by Crippen LogP contribution is 2.48. The second-order valence-electron chi connectivity index (χ2n) is 7.88. The average molecular weight is 393 g/mol. The van der Waals surface area contributed by atoms with Crippen molar-refractivity contribution >= 4 is 23.2 Å². The number of aryl methyl sites for hydroxylation is 1. The van der Waals surface area contributed by atoms with Crippen LogP contribution in [0.4, 0.5) is 11.4 Å². The van der Waals surface area contributed by atoms with Crippen LogP contribution in [0, 0.1) is 12.3 Å².